The Morgan fingerprint density at radius 1 is 1.40 bits per heavy atom. The SMILES string of the molecule is Br.C/C=C/CN1Cc2ccccc2C1=N. The van der Waals surface area contributed by atoms with Crippen molar-refractivity contribution < 1.29 is 0 Å². The van der Waals surface area contributed by atoms with Gasteiger partial charge < -0.3 is 4.90 Å². The molecule has 3 heteroatoms. The van der Waals surface area contributed by atoms with Crippen molar-refractivity contribution in [1.29, 1.82) is 5.41 Å². The average Bonchev–Trinajstić information content (AvgIpc) is 2.54. The molecular formula is C12H15BrN2. The third kappa shape index (κ3) is 2.29. The van der Waals surface area contributed by atoms with Crippen LogP contribution in [0.4, 0.5) is 0 Å². The maximum atomic E-state index is 7.96. The van der Waals surface area contributed by atoms with Gasteiger partial charge in [-0.05, 0) is 12.5 Å². The van der Waals surface area contributed by atoms with Gasteiger partial charge in [0.05, 0.1) is 0 Å². The van der Waals surface area contributed by atoms with Gasteiger partial charge >= 0.3 is 0 Å². The number of amidine groups is 1. The first-order chi connectivity index (χ1) is 6.83. The van der Waals surface area contributed by atoms with Crippen molar-refractivity contribution in [1.82, 2.24) is 4.90 Å². The third-order valence-electron chi connectivity index (χ3n) is 2.51. The largest absolute Gasteiger partial charge is 0.349 e. The Morgan fingerprint density at radius 2 is 2.13 bits per heavy atom. The van der Waals surface area contributed by atoms with E-state index in [0.717, 1.165) is 18.7 Å². The molecule has 1 aromatic carbocycles. The fourth-order valence-corrected chi connectivity index (χ4v) is 1.73. The van der Waals surface area contributed by atoms with Crippen LogP contribution in [0.2, 0.25) is 0 Å². The molecule has 0 amide bonds. The van der Waals surface area contributed by atoms with E-state index in [-0.39, 0.29) is 17.0 Å². The lowest BCUT2D eigenvalue weighted by molar-refractivity contribution is 0.474. The van der Waals surface area contributed by atoms with Crippen molar-refractivity contribution >= 4 is 22.8 Å². The van der Waals surface area contributed by atoms with Gasteiger partial charge in [0.25, 0.3) is 0 Å². The number of nitrogens with zero attached hydrogens (tertiary/aromatic N) is 1. The molecule has 0 fully saturated rings. The van der Waals surface area contributed by atoms with E-state index in [9.17, 15) is 0 Å². The van der Waals surface area contributed by atoms with Crippen LogP contribution in [0.1, 0.15) is 18.1 Å². The molecule has 0 unspecified atom stereocenters. The van der Waals surface area contributed by atoms with E-state index in [1.54, 1.807) is 0 Å². The topological polar surface area (TPSA) is 27.1 Å². The van der Waals surface area contributed by atoms with Crippen LogP contribution >= 0.6 is 17.0 Å². The average molecular weight is 267 g/mol. The second-order valence-corrected chi connectivity index (χ2v) is 3.46. The number of rotatable bonds is 2. The maximum absolute atomic E-state index is 7.96. The lowest BCUT2D eigenvalue weighted by atomic mass is 10.1. The number of nitrogens with one attached hydrogen (secondary N) is 1. The Hall–Kier alpha value is -1.09. The summed E-state index contributed by atoms with van der Waals surface area (Å²) in [4.78, 5) is 2.07. The van der Waals surface area contributed by atoms with Crippen LogP contribution in [0.3, 0.4) is 0 Å². The lowest BCUT2D eigenvalue weighted by Crippen LogP contribution is -2.23. The highest BCUT2D eigenvalue weighted by Crippen LogP contribution is 2.21. The molecule has 0 aliphatic carbocycles. The second kappa shape index (κ2) is 5.12. The summed E-state index contributed by atoms with van der Waals surface area (Å²) in [6.07, 6.45) is 4.11. The van der Waals surface area contributed by atoms with Crippen molar-refractivity contribution in [2.45, 2.75) is 13.5 Å². The van der Waals surface area contributed by atoms with Crippen molar-refractivity contribution in [3.63, 3.8) is 0 Å². The fourth-order valence-electron chi connectivity index (χ4n) is 1.73. The Labute approximate surface area is 101 Å². The first kappa shape index (κ1) is 12.0. The molecule has 0 radical (unpaired) electrons. The number of halogens is 1. The van der Waals surface area contributed by atoms with Gasteiger partial charge in [-0.25, -0.2) is 0 Å². The quantitative estimate of drug-likeness (QED) is 0.819. The second-order valence-electron chi connectivity index (χ2n) is 3.46. The van der Waals surface area contributed by atoms with Gasteiger partial charge in [-0.1, -0.05) is 36.4 Å². The van der Waals surface area contributed by atoms with Crippen LogP contribution in [0, 0.1) is 5.41 Å². The molecule has 0 spiro atoms. The Balaban J connectivity index is 0.00000112. The van der Waals surface area contributed by atoms with E-state index in [1.807, 2.05) is 31.2 Å². The third-order valence-corrected chi connectivity index (χ3v) is 2.51. The monoisotopic (exact) mass is 266 g/mol. The van der Waals surface area contributed by atoms with Gasteiger partial charge in [0.15, 0.2) is 0 Å². The van der Waals surface area contributed by atoms with Crippen LogP contribution in [0.15, 0.2) is 36.4 Å². The van der Waals surface area contributed by atoms with Crippen LogP contribution in [0.25, 0.3) is 0 Å². The number of benzene rings is 1. The predicted octanol–water partition coefficient (Wildman–Crippen LogP) is 2.98. The van der Waals surface area contributed by atoms with Gasteiger partial charge in [0.2, 0.25) is 0 Å². The number of hydrogen-bond acceptors (Lipinski definition) is 1. The van der Waals surface area contributed by atoms with Gasteiger partial charge in [-0.15, -0.1) is 17.0 Å². The first-order valence-electron chi connectivity index (χ1n) is 4.86. The summed E-state index contributed by atoms with van der Waals surface area (Å²) >= 11 is 0. The molecule has 0 aromatic heterocycles. The van der Waals surface area contributed by atoms with Gasteiger partial charge in [0, 0.05) is 18.7 Å². The maximum Gasteiger partial charge on any atom is 0.128 e. The summed E-state index contributed by atoms with van der Waals surface area (Å²) in [5, 5.41) is 7.96. The standard InChI is InChI=1S/C12H14N2.BrH/c1-2-3-8-14-9-10-6-4-5-7-11(10)12(14)13;/h2-7,13H,8-9H2,1H3;1H/b3-2+,13-12?;. The molecule has 0 bridgehead atoms. The first-order valence-corrected chi connectivity index (χ1v) is 4.86. The molecule has 2 nitrogen and oxygen atoms in total. The molecule has 1 aliphatic rings. The molecule has 0 atom stereocenters. The zero-order chi connectivity index (χ0) is 9.97. The predicted molar refractivity (Wildman–Crippen MR) is 68.8 cm³/mol. The molecule has 1 aromatic rings. The molecule has 0 saturated heterocycles. The van der Waals surface area contributed by atoms with E-state index in [0.29, 0.717) is 5.84 Å². The molecule has 1 aliphatic heterocycles. The van der Waals surface area contributed by atoms with Crippen molar-refractivity contribution in [2.75, 3.05) is 6.54 Å². The summed E-state index contributed by atoms with van der Waals surface area (Å²) in [7, 11) is 0. The van der Waals surface area contributed by atoms with E-state index >= 15 is 0 Å². The van der Waals surface area contributed by atoms with E-state index < -0.39 is 0 Å². The van der Waals surface area contributed by atoms with Crippen molar-refractivity contribution in [3.05, 3.63) is 47.5 Å². The van der Waals surface area contributed by atoms with E-state index in [1.165, 1.54) is 5.56 Å². The number of allylic oxidation sites excluding steroid dienone is 1. The molecular weight excluding hydrogens is 252 g/mol. The normalized spacial score (nSPS) is 14.2. The molecule has 1 heterocycles. The molecule has 0 saturated carbocycles. The van der Waals surface area contributed by atoms with Gasteiger partial charge in [-0.3, -0.25) is 5.41 Å². The molecule has 15 heavy (non-hydrogen) atoms. The smallest absolute Gasteiger partial charge is 0.128 e. The highest BCUT2D eigenvalue weighted by molar-refractivity contribution is 8.93. The van der Waals surface area contributed by atoms with Crippen LogP contribution in [0.5, 0.6) is 0 Å². The number of fused-ring (bicyclic) bond motifs is 1. The zero-order valence-corrected chi connectivity index (χ0v) is 10.4. The highest BCUT2D eigenvalue weighted by Gasteiger charge is 2.21. The molecule has 2 rings (SSSR count). The minimum absolute atomic E-state index is 0. The molecule has 1 N–H and O–H groups in total. The minimum atomic E-state index is 0. The van der Waals surface area contributed by atoms with Crippen LogP contribution in [-0.2, 0) is 6.54 Å². The van der Waals surface area contributed by atoms with Crippen molar-refractivity contribution in [2.24, 2.45) is 0 Å². The van der Waals surface area contributed by atoms with Crippen LogP contribution < -0.4 is 0 Å². The Morgan fingerprint density at radius 3 is 2.80 bits per heavy atom. The summed E-state index contributed by atoms with van der Waals surface area (Å²) in [6, 6.07) is 8.14. The summed E-state index contributed by atoms with van der Waals surface area (Å²) in [6.45, 7) is 3.72. The van der Waals surface area contributed by atoms with E-state index in [4.69, 9.17) is 5.41 Å². The lowest BCUT2D eigenvalue weighted by Gasteiger charge is -2.14. The summed E-state index contributed by atoms with van der Waals surface area (Å²) < 4.78 is 0. The minimum Gasteiger partial charge on any atom is -0.349 e. The number of hydrogen-bond donors (Lipinski definition) is 1. The van der Waals surface area contributed by atoms with Gasteiger partial charge in [-0.2, -0.15) is 0 Å². The van der Waals surface area contributed by atoms with Gasteiger partial charge in [0.1, 0.15) is 5.84 Å². The summed E-state index contributed by atoms with van der Waals surface area (Å²) in [5.74, 6) is 0.652. The summed E-state index contributed by atoms with van der Waals surface area (Å²) in [5.41, 5.74) is 2.35. The highest BCUT2D eigenvalue weighted by atomic mass is 79.9. The van der Waals surface area contributed by atoms with E-state index in [2.05, 4.69) is 17.0 Å². The van der Waals surface area contributed by atoms with Crippen LogP contribution in [-0.4, -0.2) is 17.3 Å². The Bertz CT molecular complexity index is 385. The Kier molecular flexibility index (Phi) is 4.09. The zero-order valence-electron chi connectivity index (χ0n) is 8.73. The van der Waals surface area contributed by atoms with Crippen molar-refractivity contribution in [3.8, 4) is 0 Å². The molecule has 80 valence electrons. The fraction of sp³-hybridized carbons (Fsp3) is 0.250.